The van der Waals surface area contributed by atoms with Gasteiger partial charge in [0, 0.05) is 23.0 Å². The maximum atomic E-state index is 12.3. The smallest absolute Gasteiger partial charge is 0.349 e. The van der Waals surface area contributed by atoms with Crippen molar-refractivity contribution in [3.05, 3.63) is 59.5 Å². The highest BCUT2D eigenvalue weighted by molar-refractivity contribution is 7.20. The number of carbonyl (C=O) groups excluding carboxylic acids is 3. The van der Waals surface area contributed by atoms with E-state index >= 15 is 0 Å². The standard InChI is InChI=1S/C20H18N2O4S/c1-12(19(24)22-16-9-7-15(8-10-16)21-13(2)23)26-20(25)18-11-14-5-3-4-6-17(14)27-18/h3-12H,1-2H3,(H,21,23)(H,22,24)/t12-/m1/s1. The Morgan fingerprint density at radius 1 is 0.963 bits per heavy atom. The summed E-state index contributed by atoms with van der Waals surface area (Å²) in [5, 5.41) is 6.29. The van der Waals surface area contributed by atoms with Crippen molar-refractivity contribution in [3.8, 4) is 0 Å². The third kappa shape index (κ3) is 4.71. The van der Waals surface area contributed by atoms with Gasteiger partial charge in [0.15, 0.2) is 6.10 Å². The topological polar surface area (TPSA) is 84.5 Å². The zero-order chi connectivity index (χ0) is 19.4. The number of amides is 2. The second-order valence-electron chi connectivity index (χ2n) is 5.94. The monoisotopic (exact) mass is 382 g/mol. The number of anilines is 2. The first-order chi connectivity index (χ1) is 12.9. The van der Waals surface area contributed by atoms with Crippen LogP contribution in [-0.2, 0) is 14.3 Å². The number of hydrogen-bond donors (Lipinski definition) is 2. The summed E-state index contributed by atoms with van der Waals surface area (Å²) in [5.41, 5.74) is 1.17. The number of esters is 1. The largest absolute Gasteiger partial charge is 0.448 e. The zero-order valence-corrected chi connectivity index (χ0v) is 15.6. The Balaban J connectivity index is 1.59. The first-order valence-corrected chi connectivity index (χ1v) is 9.12. The highest BCUT2D eigenvalue weighted by atomic mass is 32.1. The van der Waals surface area contributed by atoms with Gasteiger partial charge in [-0.2, -0.15) is 0 Å². The summed E-state index contributed by atoms with van der Waals surface area (Å²) in [6, 6.07) is 16.1. The van der Waals surface area contributed by atoms with Gasteiger partial charge >= 0.3 is 5.97 Å². The van der Waals surface area contributed by atoms with Gasteiger partial charge < -0.3 is 15.4 Å². The average Bonchev–Trinajstić information content (AvgIpc) is 3.07. The molecule has 0 bridgehead atoms. The molecule has 3 aromatic rings. The van der Waals surface area contributed by atoms with Crippen molar-refractivity contribution in [2.24, 2.45) is 0 Å². The minimum Gasteiger partial charge on any atom is -0.448 e. The Hall–Kier alpha value is -3.19. The van der Waals surface area contributed by atoms with Crippen LogP contribution >= 0.6 is 11.3 Å². The molecule has 0 saturated heterocycles. The van der Waals surface area contributed by atoms with Gasteiger partial charge in [-0.25, -0.2) is 4.79 Å². The molecular weight excluding hydrogens is 364 g/mol. The molecule has 1 atom stereocenters. The predicted molar refractivity (Wildman–Crippen MR) is 106 cm³/mol. The van der Waals surface area contributed by atoms with Crippen LogP contribution in [0.15, 0.2) is 54.6 Å². The molecule has 0 aliphatic heterocycles. The van der Waals surface area contributed by atoms with Gasteiger partial charge in [0.05, 0.1) is 0 Å². The number of benzene rings is 2. The van der Waals surface area contributed by atoms with Crippen LogP contribution in [0.3, 0.4) is 0 Å². The Bertz CT molecular complexity index is 962. The third-order valence-electron chi connectivity index (χ3n) is 3.75. The van der Waals surface area contributed by atoms with Crippen molar-refractivity contribution in [2.45, 2.75) is 20.0 Å². The predicted octanol–water partition coefficient (Wildman–Crippen LogP) is 4.04. The molecule has 0 fully saturated rings. The van der Waals surface area contributed by atoms with E-state index in [2.05, 4.69) is 10.6 Å². The lowest BCUT2D eigenvalue weighted by atomic mass is 10.2. The molecule has 0 saturated carbocycles. The molecule has 27 heavy (non-hydrogen) atoms. The Morgan fingerprint density at radius 3 is 2.22 bits per heavy atom. The number of fused-ring (bicyclic) bond motifs is 1. The van der Waals surface area contributed by atoms with Crippen molar-refractivity contribution in [1.29, 1.82) is 0 Å². The number of ether oxygens (including phenoxy) is 1. The highest BCUT2D eigenvalue weighted by Crippen LogP contribution is 2.26. The molecule has 1 heterocycles. The highest BCUT2D eigenvalue weighted by Gasteiger charge is 2.20. The Morgan fingerprint density at radius 2 is 1.59 bits per heavy atom. The van der Waals surface area contributed by atoms with E-state index in [1.165, 1.54) is 25.2 Å². The number of rotatable bonds is 5. The van der Waals surface area contributed by atoms with E-state index in [-0.39, 0.29) is 5.91 Å². The number of carbonyl (C=O) groups is 3. The van der Waals surface area contributed by atoms with E-state index < -0.39 is 18.0 Å². The zero-order valence-electron chi connectivity index (χ0n) is 14.8. The lowest BCUT2D eigenvalue weighted by Gasteiger charge is -2.13. The van der Waals surface area contributed by atoms with Crippen LogP contribution in [0.25, 0.3) is 10.1 Å². The fourth-order valence-electron chi connectivity index (χ4n) is 2.44. The van der Waals surface area contributed by atoms with Crippen LogP contribution in [0.5, 0.6) is 0 Å². The normalized spacial score (nSPS) is 11.6. The quantitative estimate of drug-likeness (QED) is 0.652. The molecule has 2 amide bonds. The van der Waals surface area contributed by atoms with Gasteiger partial charge in [-0.15, -0.1) is 11.3 Å². The lowest BCUT2D eigenvalue weighted by Crippen LogP contribution is -2.29. The van der Waals surface area contributed by atoms with E-state index in [1.54, 1.807) is 30.3 Å². The lowest BCUT2D eigenvalue weighted by molar-refractivity contribution is -0.123. The SMILES string of the molecule is CC(=O)Nc1ccc(NC(=O)[C@@H](C)OC(=O)c2cc3ccccc3s2)cc1. The molecular formula is C20H18N2O4S. The molecule has 0 spiro atoms. The van der Waals surface area contributed by atoms with E-state index in [0.717, 1.165) is 10.1 Å². The first-order valence-electron chi connectivity index (χ1n) is 8.30. The van der Waals surface area contributed by atoms with Crippen LogP contribution in [0, 0.1) is 0 Å². The van der Waals surface area contributed by atoms with Crippen molar-refractivity contribution < 1.29 is 19.1 Å². The van der Waals surface area contributed by atoms with Gasteiger partial charge in [0.2, 0.25) is 5.91 Å². The summed E-state index contributed by atoms with van der Waals surface area (Å²) >= 11 is 1.33. The van der Waals surface area contributed by atoms with E-state index in [9.17, 15) is 14.4 Å². The summed E-state index contributed by atoms with van der Waals surface area (Å²) in [6.45, 7) is 2.94. The number of hydrogen-bond acceptors (Lipinski definition) is 5. The van der Waals surface area contributed by atoms with Crippen molar-refractivity contribution >= 4 is 50.6 Å². The second-order valence-corrected chi connectivity index (χ2v) is 7.03. The Labute approximate surface area is 160 Å². The summed E-state index contributed by atoms with van der Waals surface area (Å²) in [6.07, 6.45) is -0.947. The molecule has 0 aliphatic rings. The molecule has 0 aliphatic carbocycles. The van der Waals surface area contributed by atoms with Crippen molar-refractivity contribution in [3.63, 3.8) is 0 Å². The van der Waals surface area contributed by atoms with Crippen molar-refractivity contribution in [1.82, 2.24) is 0 Å². The van der Waals surface area contributed by atoms with Crippen LogP contribution in [0.4, 0.5) is 11.4 Å². The molecule has 1 aromatic heterocycles. The van der Waals surface area contributed by atoms with Crippen LogP contribution in [0.1, 0.15) is 23.5 Å². The minimum absolute atomic E-state index is 0.173. The summed E-state index contributed by atoms with van der Waals surface area (Å²) < 4.78 is 6.27. The second kappa shape index (κ2) is 8.01. The minimum atomic E-state index is -0.947. The summed E-state index contributed by atoms with van der Waals surface area (Å²) in [5.74, 6) is -1.13. The summed E-state index contributed by atoms with van der Waals surface area (Å²) in [7, 11) is 0. The molecule has 2 aromatic carbocycles. The van der Waals surface area contributed by atoms with E-state index in [4.69, 9.17) is 4.74 Å². The molecule has 7 heteroatoms. The van der Waals surface area contributed by atoms with Gasteiger partial charge in [-0.05, 0) is 48.7 Å². The molecule has 2 N–H and O–H groups in total. The molecule has 0 unspecified atom stereocenters. The fourth-order valence-corrected chi connectivity index (χ4v) is 3.38. The molecule has 0 radical (unpaired) electrons. The van der Waals surface area contributed by atoms with E-state index in [0.29, 0.717) is 16.3 Å². The number of nitrogens with one attached hydrogen (secondary N) is 2. The van der Waals surface area contributed by atoms with Crippen molar-refractivity contribution in [2.75, 3.05) is 10.6 Å². The Kier molecular flexibility index (Phi) is 5.52. The third-order valence-corrected chi connectivity index (χ3v) is 4.85. The first kappa shape index (κ1) is 18.6. The number of thiophene rings is 1. The van der Waals surface area contributed by atoms with Crippen LogP contribution < -0.4 is 10.6 Å². The van der Waals surface area contributed by atoms with Crippen LogP contribution in [0.2, 0.25) is 0 Å². The molecule has 6 nitrogen and oxygen atoms in total. The van der Waals surface area contributed by atoms with Gasteiger partial charge in [-0.3, -0.25) is 9.59 Å². The maximum Gasteiger partial charge on any atom is 0.349 e. The summed E-state index contributed by atoms with van der Waals surface area (Å²) in [4.78, 5) is 36.0. The average molecular weight is 382 g/mol. The fraction of sp³-hybridized carbons (Fsp3) is 0.150. The van der Waals surface area contributed by atoms with E-state index in [1.807, 2.05) is 24.3 Å². The molecule has 138 valence electrons. The van der Waals surface area contributed by atoms with Gasteiger partial charge in [-0.1, -0.05) is 18.2 Å². The maximum absolute atomic E-state index is 12.3. The van der Waals surface area contributed by atoms with Crippen LogP contribution in [-0.4, -0.2) is 23.9 Å². The molecule has 3 rings (SSSR count). The van der Waals surface area contributed by atoms with Gasteiger partial charge in [0.25, 0.3) is 5.91 Å². The van der Waals surface area contributed by atoms with Gasteiger partial charge in [0.1, 0.15) is 4.88 Å².